The van der Waals surface area contributed by atoms with Gasteiger partial charge in [-0.05, 0) is 31.8 Å². The van der Waals surface area contributed by atoms with Crippen molar-refractivity contribution in [1.82, 2.24) is 5.32 Å². The Labute approximate surface area is 145 Å². The highest BCUT2D eigenvalue weighted by atomic mass is 16.1. The predicted molar refractivity (Wildman–Crippen MR) is 99.3 cm³/mol. The van der Waals surface area contributed by atoms with Gasteiger partial charge in [-0.3, -0.25) is 4.79 Å². The molecular weight excluding hydrogens is 298 g/mol. The zero-order valence-electron chi connectivity index (χ0n) is 14.5. The highest BCUT2D eigenvalue weighted by Gasteiger charge is 2.31. The Morgan fingerprint density at radius 2 is 1.67 bits per heavy atom. The first-order chi connectivity index (χ1) is 11.8. The van der Waals surface area contributed by atoms with E-state index in [1.165, 1.54) is 38.5 Å². The Hall–Kier alpha value is -1.71. The number of allylic oxidation sites excluding steroid dienone is 3. The molecule has 0 bridgehead atoms. The minimum Gasteiger partial charge on any atom is -0.380 e. The fourth-order valence-corrected chi connectivity index (χ4v) is 4.00. The molecule has 0 amide bonds. The van der Waals surface area contributed by atoms with Gasteiger partial charge in [0.05, 0.1) is 11.9 Å². The SMILES string of the molecule is O=C(C(=NN=CC1=CC=CCN1)C1CCCCC1)C1CCCCC1. The number of carbonyl (C=O) groups excluding carboxylic acids is 1. The third-order valence-electron chi connectivity index (χ3n) is 5.42. The third kappa shape index (κ3) is 4.65. The lowest BCUT2D eigenvalue weighted by atomic mass is 9.78. The van der Waals surface area contributed by atoms with Gasteiger partial charge in [0.25, 0.3) is 0 Å². The topological polar surface area (TPSA) is 53.8 Å². The van der Waals surface area contributed by atoms with E-state index in [4.69, 9.17) is 0 Å². The summed E-state index contributed by atoms with van der Waals surface area (Å²) in [5.41, 5.74) is 1.71. The van der Waals surface area contributed by atoms with E-state index in [1.807, 2.05) is 12.2 Å². The fourth-order valence-electron chi connectivity index (χ4n) is 4.00. The van der Waals surface area contributed by atoms with Gasteiger partial charge in [0.1, 0.15) is 5.71 Å². The smallest absolute Gasteiger partial charge is 0.182 e. The number of Topliss-reactive ketones (excluding diaryl/α,β-unsaturated/α-hetero) is 1. The molecular formula is C20H29N3O. The van der Waals surface area contributed by atoms with Crippen molar-refractivity contribution in [3.63, 3.8) is 0 Å². The van der Waals surface area contributed by atoms with Crippen LogP contribution < -0.4 is 5.32 Å². The normalized spacial score (nSPS) is 24.0. The quantitative estimate of drug-likeness (QED) is 0.608. The van der Waals surface area contributed by atoms with Crippen LogP contribution in [0.1, 0.15) is 64.2 Å². The highest BCUT2D eigenvalue weighted by molar-refractivity contribution is 6.41. The minimum absolute atomic E-state index is 0.185. The lowest BCUT2D eigenvalue weighted by molar-refractivity contribution is -0.117. The Bertz CT molecular complexity index is 547. The van der Waals surface area contributed by atoms with Crippen molar-refractivity contribution in [2.75, 3.05) is 6.54 Å². The Morgan fingerprint density at radius 1 is 1.00 bits per heavy atom. The summed E-state index contributed by atoms with van der Waals surface area (Å²) in [6.07, 6.45) is 19.4. The molecule has 2 fully saturated rings. The zero-order chi connectivity index (χ0) is 16.6. The summed E-state index contributed by atoms with van der Waals surface area (Å²) in [7, 11) is 0. The summed E-state index contributed by atoms with van der Waals surface area (Å²) in [5.74, 6) is 0.785. The molecule has 0 aromatic carbocycles. The molecule has 3 aliphatic rings. The van der Waals surface area contributed by atoms with Crippen molar-refractivity contribution >= 4 is 17.7 Å². The van der Waals surface area contributed by atoms with E-state index < -0.39 is 0 Å². The molecule has 0 saturated heterocycles. The van der Waals surface area contributed by atoms with Crippen molar-refractivity contribution < 1.29 is 4.79 Å². The van der Waals surface area contributed by atoms with E-state index >= 15 is 0 Å². The number of hydrogen-bond acceptors (Lipinski definition) is 4. The van der Waals surface area contributed by atoms with Crippen LogP contribution in [0.15, 0.2) is 34.1 Å². The van der Waals surface area contributed by atoms with Crippen molar-refractivity contribution in [1.29, 1.82) is 0 Å². The molecule has 4 nitrogen and oxygen atoms in total. The summed E-state index contributed by atoms with van der Waals surface area (Å²) in [5, 5.41) is 11.9. The summed E-state index contributed by atoms with van der Waals surface area (Å²) < 4.78 is 0. The van der Waals surface area contributed by atoms with E-state index in [2.05, 4.69) is 21.6 Å². The van der Waals surface area contributed by atoms with Crippen LogP contribution in [0, 0.1) is 11.8 Å². The van der Waals surface area contributed by atoms with Gasteiger partial charge >= 0.3 is 0 Å². The molecule has 0 unspecified atom stereocenters. The molecule has 130 valence electrons. The maximum atomic E-state index is 13.0. The Balaban J connectivity index is 1.74. The number of dihydropyridines is 1. The second-order valence-corrected chi connectivity index (χ2v) is 7.19. The Kier molecular flexibility index (Phi) is 6.39. The van der Waals surface area contributed by atoms with E-state index in [9.17, 15) is 4.79 Å². The molecule has 24 heavy (non-hydrogen) atoms. The van der Waals surface area contributed by atoms with Crippen LogP contribution in [0.3, 0.4) is 0 Å². The molecule has 0 atom stereocenters. The number of nitrogens with zero attached hydrogens (tertiary/aromatic N) is 2. The van der Waals surface area contributed by atoms with Gasteiger partial charge in [0.15, 0.2) is 5.78 Å². The molecule has 0 aromatic rings. The van der Waals surface area contributed by atoms with Crippen LogP contribution in [0.2, 0.25) is 0 Å². The fraction of sp³-hybridized carbons (Fsp3) is 0.650. The zero-order valence-corrected chi connectivity index (χ0v) is 14.5. The minimum atomic E-state index is 0.185. The Morgan fingerprint density at radius 3 is 2.29 bits per heavy atom. The van der Waals surface area contributed by atoms with Gasteiger partial charge in [-0.15, -0.1) is 0 Å². The predicted octanol–water partition coefficient (Wildman–Crippen LogP) is 4.19. The summed E-state index contributed by atoms with van der Waals surface area (Å²) >= 11 is 0. The summed E-state index contributed by atoms with van der Waals surface area (Å²) in [6.45, 7) is 0.818. The van der Waals surface area contributed by atoms with Crippen molar-refractivity contribution in [3.05, 3.63) is 23.9 Å². The first-order valence-electron chi connectivity index (χ1n) is 9.60. The number of hydrogen-bond donors (Lipinski definition) is 1. The van der Waals surface area contributed by atoms with E-state index in [-0.39, 0.29) is 11.7 Å². The van der Waals surface area contributed by atoms with E-state index in [0.29, 0.717) is 5.92 Å². The van der Waals surface area contributed by atoms with Crippen LogP contribution in [-0.2, 0) is 4.79 Å². The average molecular weight is 327 g/mol. The maximum Gasteiger partial charge on any atom is 0.182 e. The molecule has 2 aliphatic carbocycles. The second kappa shape index (κ2) is 8.95. The number of carbonyl (C=O) groups is 1. The first-order valence-corrected chi connectivity index (χ1v) is 9.60. The highest BCUT2D eigenvalue weighted by Crippen LogP contribution is 2.30. The van der Waals surface area contributed by atoms with Gasteiger partial charge in [-0.25, -0.2) is 0 Å². The van der Waals surface area contributed by atoms with Crippen LogP contribution in [0.4, 0.5) is 0 Å². The van der Waals surface area contributed by atoms with Gasteiger partial charge in [-0.1, -0.05) is 50.7 Å². The van der Waals surface area contributed by atoms with Crippen molar-refractivity contribution in [2.24, 2.45) is 22.0 Å². The van der Waals surface area contributed by atoms with Crippen LogP contribution in [0.5, 0.6) is 0 Å². The molecule has 0 spiro atoms. The average Bonchev–Trinajstić information content (AvgIpc) is 2.67. The lowest BCUT2D eigenvalue weighted by Gasteiger charge is -2.26. The number of rotatable bonds is 5. The van der Waals surface area contributed by atoms with Crippen molar-refractivity contribution in [3.8, 4) is 0 Å². The molecule has 4 heteroatoms. The van der Waals surface area contributed by atoms with Crippen LogP contribution >= 0.6 is 0 Å². The van der Waals surface area contributed by atoms with Crippen LogP contribution in [0.25, 0.3) is 0 Å². The molecule has 3 rings (SSSR count). The van der Waals surface area contributed by atoms with E-state index in [0.717, 1.165) is 43.6 Å². The van der Waals surface area contributed by atoms with Crippen molar-refractivity contribution in [2.45, 2.75) is 64.2 Å². The van der Waals surface area contributed by atoms with Gasteiger partial charge in [0.2, 0.25) is 0 Å². The molecule has 0 aromatic heterocycles. The third-order valence-corrected chi connectivity index (χ3v) is 5.42. The van der Waals surface area contributed by atoms with Gasteiger partial charge < -0.3 is 5.32 Å². The molecule has 1 aliphatic heterocycles. The maximum absolute atomic E-state index is 13.0. The van der Waals surface area contributed by atoms with Gasteiger partial charge in [-0.2, -0.15) is 10.2 Å². The molecule has 1 N–H and O–H groups in total. The first kappa shape index (κ1) is 17.1. The number of nitrogens with one attached hydrogen (secondary N) is 1. The van der Waals surface area contributed by atoms with Gasteiger partial charge in [0, 0.05) is 18.4 Å². The molecule has 0 radical (unpaired) electrons. The summed E-state index contributed by atoms with van der Waals surface area (Å²) in [6, 6.07) is 0. The largest absolute Gasteiger partial charge is 0.380 e. The monoisotopic (exact) mass is 327 g/mol. The molecule has 1 heterocycles. The van der Waals surface area contributed by atoms with Crippen LogP contribution in [-0.4, -0.2) is 24.3 Å². The molecule has 2 saturated carbocycles. The summed E-state index contributed by atoms with van der Waals surface area (Å²) in [4.78, 5) is 13.0. The second-order valence-electron chi connectivity index (χ2n) is 7.19. The lowest BCUT2D eigenvalue weighted by Crippen LogP contribution is -2.32. The van der Waals surface area contributed by atoms with E-state index in [1.54, 1.807) is 6.21 Å². The number of ketones is 1. The standard InChI is InChI=1S/C20H29N3O/c24-20(17-11-5-2-6-12-17)19(16-9-3-1-4-10-16)23-22-15-18-13-7-8-14-21-18/h7-8,13,15-17,21H,1-6,9-12,14H2.